The summed E-state index contributed by atoms with van der Waals surface area (Å²) >= 11 is 0. The fraction of sp³-hybridized carbons (Fsp3) is 0.429. The van der Waals surface area contributed by atoms with Gasteiger partial charge in [-0.25, -0.2) is 0 Å². The summed E-state index contributed by atoms with van der Waals surface area (Å²) in [6.45, 7) is 12.8. The summed E-state index contributed by atoms with van der Waals surface area (Å²) in [7, 11) is 0. The highest BCUT2D eigenvalue weighted by molar-refractivity contribution is 5.78. The monoisotopic (exact) mass is 462 g/mol. The number of nitrogens with zero attached hydrogens (tertiary/aromatic N) is 1. The number of hydrogen-bond acceptors (Lipinski definition) is 6. The van der Waals surface area contributed by atoms with E-state index in [9.17, 15) is 10.1 Å². The van der Waals surface area contributed by atoms with Crippen molar-refractivity contribution in [1.82, 2.24) is 5.48 Å². The first-order valence-electron chi connectivity index (χ1n) is 11.5. The summed E-state index contributed by atoms with van der Waals surface area (Å²) < 4.78 is 11.5. The third-order valence-corrected chi connectivity index (χ3v) is 5.82. The largest absolute Gasteiger partial charge is 0.457 e. The van der Waals surface area contributed by atoms with Crippen LogP contribution in [0.5, 0.6) is 11.5 Å². The van der Waals surface area contributed by atoms with Crippen LogP contribution >= 0.6 is 0 Å². The maximum absolute atomic E-state index is 13.0. The fourth-order valence-electron chi connectivity index (χ4n) is 3.83. The summed E-state index contributed by atoms with van der Waals surface area (Å²) in [4.78, 5) is 18.5. The van der Waals surface area contributed by atoms with E-state index in [4.69, 9.17) is 14.3 Å². The molecule has 1 fully saturated rings. The summed E-state index contributed by atoms with van der Waals surface area (Å²) in [5, 5.41) is 9.71. The number of hydrogen-bond donors (Lipinski definition) is 1. The van der Waals surface area contributed by atoms with E-state index in [-0.39, 0.29) is 28.6 Å². The predicted molar refractivity (Wildman–Crippen MR) is 130 cm³/mol. The lowest BCUT2D eigenvalue weighted by Gasteiger charge is -2.18. The molecule has 1 saturated carbocycles. The maximum atomic E-state index is 13.0. The molecule has 0 aromatic heterocycles. The van der Waals surface area contributed by atoms with Crippen LogP contribution in [-0.4, -0.2) is 12.6 Å². The summed E-state index contributed by atoms with van der Waals surface area (Å²) in [6.07, 6.45) is 0.992. The maximum Gasteiger partial charge on any atom is 0.311 e. The Hall–Kier alpha value is -3.30. The molecule has 1 unspecified atom stereocenters. The van der Waals surface area contributed by atoms with Gasteiger partial charge < -0.3 is 9.47 Å². The third-order valence-electron chi connectivity index (χ3n) is 5.82. The van der Waals surface area contributed by atoms with Crippen molar-refractivity contribution in [3.8, 4) is 17.6 Å². The number of para-hydroxylation sites is 1. The second-order valence-electron chi connectivity index (χ2n) is 10.6. The zero-order valence-corrected chi connectivity index (χ0v) is 20.8. The van der Waals surface area contributed by atoms with Gasteiger partial charge in [0.15, 0.2) is 0 Å². The van der Waals surface area contributed by atoms with Gasteiger partial charge in [-0.05, 0) is 47.9 Å². The average molecular weight is 463 g/mol. The molecule has 0 radical (unpaired) electrons. The highest BCUT2D eigenvalue weighted by atomic mass is 16.6. The van der Waals surface area contributed by atoms with Crippen molar-refractivity contribution in [1.29, 1.82) is 5.26 Å². The highest BCUT2D eigenvalue weighted by Gasteiger charge is 2.61. The molecule has 0 spiro atoms. The minimum atomic E-state index is -1.01. The SMILES string of the molecule is CC(=C[C@H]1[C@@H](C(=O)OC(C#N)c2cccc(Oc3ccccc3)c2)C1(C)C)NOCC(C)(C)C. The third kappa shape index (κ3) is 6.61. The lowest BCUT2D eigenvalue weighted by Crippen LogP contribution is -2.22. The second-order valence-corrected chi connectivity index (χ2v) is 10.6. The molecule has 1 aliphatic carbocycles. The number of esters is 1. The Labute approximate surface area is 202 Å². The van der Waals surface area contributed by atoms with Gasteiger partial charge in [-0.2, -0.15) is 5.26 Å². The van der Waals surface area contributed by atoms with E-state index in [1.807, 2.05) is 57.2 Å². The lowest BCUT2D eigenvalue weighted by atomic mass is 9.99. The zero-order valence-electron chi connectivity index (χ0n) is 20.8. The van der Waals surface area contributed by atoms with E-state index in [2.05, 4.69) is 32.3 Å². The van der Waals surface area contributed by atoms with Crippen molar-refractivity contribution >= 4 is 5.97 Å². The van der Waals surface area contributed by atoms with Crippen LogP contribution in [0.3, 0.4) is 0 Å². The van der Waals surface area contributed by atoms with Gasteiger partial charge in [-0.3, -0.25) is 15.1 Å². The number of rotatable bonds is 9. The normalized spacial score (nSPS) is 20.1. The van der Waals surface area contributed by atoms with Gasteiger partial charge in [-0.1, -0.05) is 71.0 Å². The van der Waals surface area contributed by atoms with Gasteiger partial charge in [0, 0.05) is 11.3 Å². The van der Waals surface area contributed by atoms with E-state index in [0.29, 0.717) is 23.7 Å². The summed E-state index contributed by atoms with van der Waals surface area (Å²) in [6, 6.07) is 18.5. The topological polar surface area (TPSA) is 80.6 Å². The van der Waals surface area contributed by atoms with Gasteiger partial charge in [0.05, 0.1) is 12.5 Å². The zero-order chi connectivity index (χ0) is 24.9. The molecule has 0 saturated heterocycles. The van der Waals surface area contributed by atoms with Crippen LogP contribution in [0.4, 0.5) is 0 Å². The Morgan fingerprint density at radius 1 is 1.15 bits per heavy atom. The first kappa shape index (κ1) is 25.3. The quantitative estimate of drug-likeness (QED) is 0.346. The molecule has 1 aliphatic rings. The molecule has 180 valence electrons. The molecule has 6 heteroatoms. The van der Waals surface area contributed by atoms with Crippen molar-refractivity contribution in [3.05, 3.63) is 71.9 Å². The summed E-state index contributed by atoms with van der Waals surface area (Å²) in [5.74, 6) is 0.555. The minimum absolute atomic E-state index is 0.00201. The molecule has 0 amide bonds. The number of allylic oxidation sites excluding steroid dienone is 2. The number of nitriles is 1. The Bertz CT molecular complexity index is 1060. The van der Waals surface area contributed by atoms with Crippen molar-refractivity contribution in [2.75, 3.05) is 6.61 Å². The van der Waals surface area contributed by atoms with Crippen LogP contribution in [0, 0.1) is 34.0 Å². The molecule has 0 bridgehead atoms. The number of benzene rings is 2. The Kier molecular flexibility index (Phi) is 7.68. The molecule has 2 aromatic carbocycles. The second kappa shape index (κ2) is 10.3. The number of carbonyl (C=O) groups excluding carboxylic acids is 1. The standard InChI is InChI=1S/C28H34N2O4/c1-19(30-32-18-27(2,3)4)15-23-25(28(23,5)6)26(31)34-24(17-29)20-11-10-14-22(16-20)33-21-12-8-7-9-13-21/h7-16,23-25,30H,18H2,1-6H3/t23-,24?,25-/m0/s1. The van der Waals surface area contributed by atoms with E-state index in [1.54, 1.807) is 24.3 Å². The first-order valence-corrected chi connectivity index (χ1v) is 11.5. The van der Waals surface area contributed by atoms with Crippen LogP contribution in [0.2, 0.25) is 0 Å². The van der Waals surface area contributed by atoms with E-state index in [1.165, 1.54) is 0 Å². The van der Waals surface area contributed by atoms with E-state index >= 15 is 0 Å². The minimum Gasteiger partial charge on any atom is -0.457 e. The smallest absolute Gasteiger partial charge is 0.311 e. The molecular formula is C28H34N2O4. The van der Waals surface area contributed by atoms with Crippen LogP contribution in [0.1, 0.15) is 53.2 Å². The number of ether oxygens (including phenoxy) is 2. The van der Waals surface area contributed by atoms with Gasteiger partial charge in [-0.15, -0.1) is 0 Å². The molecule has 1 N–H and O–H groups in total. The molecule has 2 aromatic rings. The van der Waals surface area contributed by atoms with E-state index < -0.39 is 6.10 Å². The van der Waals surface area contributed by atoms with Gasteiger partial charge in [0.2, 0.25) is 6.10 Å². The van der Waals surface area contributed by atoms with Crippen molar-refractivity contribution < 1.29 is 19.1 Å². The Morgan fingerprint density at radius 3 is 2.47 bits per heavy atom. The first-order chi connectivity index (χ1) is 16.0. The average Bonchev–Trinajstić information content (AvgIpc) is 3.31. The molecular weight excluding hydrogens is 428 g/mol. The molecule has 0 heterocycles. The van der Waals surface area contributed by atoms with Gasteiger partial charge in [0.25, 0.3) is 0 Å². The van der Waals surface area contributed by atoms with Gasteiger partial charge >= 0.3 is 5.97 Å². The van der Waals surface area contributed by atoms with Crippen LogP contribution in [0.15, 0.2) is 66.4 Å². The Balaban J connectivity index is 1.63. The van der Waals surface area contributed by atoms with Crippen LogP contribution < -0.4 is 10.2 Å². The lowest BCUT2D eigenvalue weighted by molar-refractivity contribution is -0.149. The van der Waals surface area contributed by atoms with Crippen molar-refractivity contribution in [2.45, 2.75) is 47.6 Å². The molecule has 34 heavy (non-hydrogen) atoms. The van der Waals surface area contributed by atoms with Crippen LogP contribution in [0.25, 0.3) is 0 Å². The Morgan fingerprint density at radius 2 is 1.82 bits per heavy atom. The van der Waals surface area contributed by atoms with Crippen LogP contribution in [-0.2, 0) is 14.4 Å². The van der Waals surface area contributed by atoms with E-state index in [0.717, 1.165) is 5.70 Å². The highest BCUT2D eigenvalue weighted by Crippen LogP contribution is 2.60. The molecule has 0 aliphatic heterocycles. The predicted octanol–water partition coefficient (Wildman–Crippen LogP) is 6.33. The van der Waals surface area contributed by atoms with Gasteiger partial charge in [0.1, 0.15) is 17.6 Å². The number of hydroxylamine groups is 1. The summed E-state index contributed by atoms with van der Waals surface area (Å²) in [5.41, 5.74) is 4.16. The number of carbonyl (C=O) groups is 1. The molecule has 3 rings (SSSR count). The fourth-order valence-corrected chi connectivity index (χ4v) is 3.83. The molecule has 3 atom stereocenters. The van der Waals surface area contributed by atoms with Crippen molar-refractivity contribution in [3.63, 3.8) is 0 Å². The van der Waals surface area contributed by atoms with Crippen molar-refractivity contribution in [2.24, 2.45) is 22.7 Å². The molecule has 6 nitrogen and oxygen atoms in total. The number of nitrogens with one attached hydrogen (secondary N) is 1.